The molecule has 0 unspecified atom stereocenters. The number of halogens is 2. The number of aromatic nitrogens is 4. The molecule has 4 aromatic rings. The Labute approximate surface area is 211 Å². The molecule has 2 aromatic heterocycles. The van der Waals surface area contributed by atoms with Crippen LogP contribution in [0.3, 0.4) is 0 Å². The Bertz CT molecular complexity index is 1420. The second-order valence-electron chi connectivity index (χ2n) is 8.31. The van der Waals surface area contributed by atoms with Crippen molar-refractivity contribution in [2.75, 3.05) is 28.3 Å². The quantitative estimate of drug-likeness (QED) is 0.226. The summed E-state index contributed by atoms with van der Waals surface area (Å²) in [7, 11) is 1.74. The van der Waals surface area contributed by atoms with Crippen molar-refractivity contribution in [1.29, 1.82) is 0 Å². The lowest BCUT2D eigenvalue weighted by atomic mass is 10.1. The van der Waals surface area contributed by atoms with E-state index in [1.54, 1.807) is 31.3 Å². The van der Waals surface area contributed by atoms with E-state index < -0.39 is 12.0 Å². The fourth-order valence-corrected chi connectivity index (χ4v) is 3.51. The van der Waals surface area contributed by atoms with Gasteiger partial charge in [0, 0.05) is 48.7 Å². The van der Waals surface area contributed by atoms with Crippen molar-refractivity contribution in [1.82, 2.24) is 19.7 Å². The molecule has 12 heteroatoms. The number of alkyl halides is 2. The second-order valence-corrected chi connectivity index (χ2v) is 8.31. The summed E-state index contributed by atoms with van der Waals surface area (Å²) in [5.41, 5.74) is 2.48. The number of aliphatic hydroxyl groups excluding tert-OH is 1. The predicted octanol–water partition coefficient (Wildman–Crippen LogP) is 5.00. The van der Waals surface area contributed by atoms with Crippen LogP contribution in [0.25, 0.3) is 5.82 Å². The lowest BCUT2D eigenvalue weighted by Crippen LogP contribution is -2.20. The number of carbonyl (C=O) groups excluding carboxylic acids is 1. The molecule has 0 atom stereocenters. The van der Waals surface area contributed by atoms with Gasteiger partial charge in [-0.25, -0.2) is 23.5 Å². The number of anilines is 5. The molecule has 2 aromatic carbocycles. The van der Waals surface area contributed by atoms with Gasteiger partial charge in [0.25, 0.3) is 5.92 Å². The molecule has 4 rings (SSSR count). The molecule has 5 N–H and O–H groups in total. The Hall–Kier alpha value is -4.58. The number of amides is 2. The van der Waals surface area contributed by atoms with Crippen molar-refractivity contribution in [2.45, 2.75) is 26.4 Å². The van der Waals surface area contributed by atoms with Crippen LogP contribution in [0.5, 0.6) is 0 Å². The summed E-state index contributed by atoms with van der Waals surface area (Å²) in [6, 6.07) is 13.6. The minimum atomic E-state index is -3.02. The summed E-state index contributed by atoms with van der Waals surface area (Å²) in [5, 5.41) is 25.5. The van der Waals surface area contributed by atoms with Gasteiger partial charge in [0.05, 0.1) is 12.3 Å². The van der Waals surface area contributed by atoms with E-state index in [-0.39, 0.29) is 17.9 Å². The van der Waals surface area contributed by atoms with Crippen LogP contribution < -0.4 is 21.3 Å². The van der Waals surface area contributed by atoms with Gasteiger partial charge in [-0.15, -0.1) is 0 Å². The Kier molecular flexibility index (Phi) is 7.30. The molecular formula is C25H26F2N8O2. The van der Waals surface area contributed by atoms with E-state index in [0.29, 0.717) is 34.5 Å². The molecule has 0 spiro atoms. The highest BCUT2D eigenvalue weighted by Crippen LogP contribution is 2.29. The summed E-state index contributed by atoms with van der Waals surface area (Å²) in [6.45, 7) is 2.42. The molecule has 0 radical (unpaired) electrons. The predicted molar refractivity (Wildman–Crippen MR) is 138 cm³/mol. The molecule has 0 aliphatic rings. The number of hydrogen-bond donors (Lipinski definition) is 5. The Morgan fingerprint density at radius 3 is 2.51 bits per heavy atom. The molecule has 0 saturated carbocycles. The van der Waals surface area contributed by atoms with E-state index in [0.717, 1.165) is 12.5 Å². The number of rotatable bonds is 8. The first kappa shape index (κ1) is 25.5. The maximum Gasteiger partial charge on any atom is 0.323 e. The van der Waals surface area contributed by atoms with Gasteiger partial charge in [0.2, 0.25) is 0 Å². The molecule has 192 valence electrons. The molecule has 0 aliphatic carbocycles. The van der Waals surface area contributed by atoms with E-state index >= 15 is 0 Å². The van der Waals surface area contributed by atoms with Gasteiger partial charge in [-0.2, -0.15) is 9.78 Å². The van der Waals surface area contributed by atoms with Crippen molar-refractivity contribution in [3.8, 4) is 5.82 Å². The number of aliphatic hydroxyl groups is 1. The molecule has 2 heterocycles. The van der Waals surface area contributed by atoms with Crippen LogP contribution in [0, 0.1) is 6.92 Å². The summed E-state index contributed by atoms with van der Waals surface area (Å²) >= 11 is 0. The van der Waals surface area contributed by atoms with Gasteiger partial charge in [-0.05, 0) is 36.8 Å². The van der Waals surface area contributed by atoms with Crippen molar-refractivity contribution in [2.24, 2.45) is 0 Å². The highest BCUT2D eigenvalue weighted by Gasteiger charge is 2.24. The molecule has 10 nitrogen and oxygen atoms in total. The zero-order valence-electron chi connectivity index (χ0n) is 20.4. The molecule has 0 bridgehead atoms. The van der Waals surface area contributed by atoms with Gasteiger partial charge in [-0.3, -0.25) is 0 Å². The Morgan fingerprint density at radius 2 is 1.81 bits per heavy atom. The van der Waals surface area contributed by atoms with Gasteiger partial charge >= 0.3 is 6.03 Å². The minimum Gasteiger partial charge on any atom is -0.390 e. The van der Waals surface area contributed by atoms with Crippen LogP contribution in [-0.2, 0) is 12.5 Å². The SMILES string of the molecule is CNc1cc(-n2nc(CO)cc2Nc2cc(NC(=O)Nc3cccc(C(C)(F)F)c3)ccc2C)ncn1. The zero-order valence-corrected chi connectivity index (χ0v) is 20.4. The van der Waals surface area contributed by atoms with Gasteiger partial charge in [-0.1, -0.05) is 18.2 Å². The van der Waals surface area contributed by atoms with Crippen LogP contribution in [0.1, 0.15) is 23.7 Å². The lowest BCUT2D eigenvalue weighted by molar-refractivity contribution is 0.0175. The number of urea groups is 1. The summed E-state index contributed by atoms with van der Waals surface area (Å²) in [5.74, 6) is -1.41. The third kappa shape index (κ3) is 6.16. The van der Waals surface area contributed by atoms with Gasteiger partial charge in [0.15, 0.2) is 5.82 Å². The average molecular weight is 509 g/mol. The Balaban J connectivity index is 1.54. The molecule has 2 amide bonds. The minimum absolute atomic E-state index is 0.198. The molecule has 37 heavy (non-hydrogen) atoms. The van der Waals surface area contributed by atoms with Crippen molar-refractivity contribution in [3.05, 3.63) is 77.7 Å². The van der Waals surface area contributed by atoms with Crippen LogP contribution in [0.15, 0.2) is 60.9 Å². The largest absolute Gasteiger partial charge is 0.390 e. The first-order valence-corrected chi connectivity index (χ1v) is 11.3. The first-order chi connectivity index (χ1) is 17.7. The second kappa shape index (κ2) is 10.6. The Morgan fingerprint density at radius 1 is 1.05 bits per heavy atom. The lowest BCUT2D eigenvalue weighted by Gasteiger charge is -2.15. The summed E-state index contributed by atoms with van der Waals surface area (Å²) in [6.07, 6.45) is 1.40. The zero-order chi connectivity index (χ0) is 26.6. The number of aryl methyl sites for hydroxylation is 1. The molecule has 0 aliphatic heterocycles. The van der Waals surface area contributed by atoms with E-state index in [2.05, 4.69) is 36.3 Å². The highest BCUT2D eigenvalue weighted by molar-refractivity contribution is 6.00. The monoisotopic (exact) mass is 508 g/mol. The van der Waals surface area contributed by atoms with E-state index in [1.165, 1.54) is 35.3 Å². The van der Waals surface area contributed by atoms with Crippen molar-refractivity contribution in [3.63, 3.8) is 0 Å². The molecule has 0 saturated heterocycles. The van der Waals surface area contributed by atoms with Crippen LogP contribution in [-0.4, -0.2) is 37.9 Å². The standard InChI is InChI=1S/C25H26F2N8O2/c1-15-7-8-18(32-24(37)31-17-6-4-5-16(9-17)25(2,26)27)10-20(15)33-23-11-19(13-36)34-35(23)22-12-21(28-3)29-14-30-22/h4-12,14,33,36H,13H2,1-3H3,(H,28,29,30)(H2,31,32,37). The third-order valence-corrected chi connectivity index (χ3v) is 5.43. The summed E-state index contributed by atoms with van der Waals surface area (Å²) in [4.78, 5) is 20.9. The fraction of sp³-hybridized carbons (Fsp3) is 0.200. The number of benzene rings is 2. The van der Waals surface area contributed by atoms with Gasteiger partial charge in [0.1, 0.15) is 18.0 Å². The van der Waals surface area contributed by atoms with Gasteiger partial charge < -0.3 is 26.4 Å². The van der Waals surface area contributed by atoms with E-state index in [9.17, 15) is 18.7 Å². The molecule has 0 fully saturated rings. The van der Waals surface area contributed by atoms with E-state index in [4.69, 9.17) is 0 Å². The fourth-order valence-electron chi connectivity index (χ4n) is 3.51. The van der Waals surface area contributed by atoms with Crippen molar-refractivity contribution < 1.29 is 18.7 Å². The van der Waals surface area contributed by atoms with Crippen LogP contribution in [0.2, 0.25) is 0 Å². The number of carbonyl (C=O) groups is 1. The third-order valence-electron chi connectivity index (χ3n) is 5.43. The number of nitrogens with zero attached hydrogens (tertiary/aromatic N) is 4. The highest BCUT2D eigenvalue weighted by atomic mass is 19.3. The number of hydrogen-bond acceptors (Lipinski definition) is 7. The maximum atomic E-state index is 13.6. The van der Waals surface area contributed by atoms with E-state index in [1.807, 2.05) is 13.0 Å². The van der Waals surface area contributed by atoms with Crippen molar-refractivity contribution >= 4 is 34.7 Å². The van der Waals surface area contributed by atoms with Crippen LogP contribution in [0.4, 0.5) is 42.3 Å². The smallest absolute Gasteiger partial charge is 0.323 e. The maximum absolute atomic E-state index is 13.6. The summed E-state index contributed by atoms with van der Waals surface area (Å²) < 4.78 is 28.8. The van der Waals surface area contributed by atoms with Crippen LogP contribution >= 0.6 is 0 Å². The normalized spacial score (nSPS) is 11.2. The first-order valence-electron chi connectivity index (χ1n) is 11.3. The topological polar surface area (TPSA) is 129 Å². The molecular weight excluding hydrogens is 482 g/mol. The number of nitrogens with one attached hydrogen (secondary N) is 4. The average Bonchev–Trinajstić information content (AvgIpc) is 3.28.